The van der Waals surface area contributed by atoms with Gasteiger partial charge in [0.2, 0.25) is 5.78 Å². The third-order valence-electron chi connectivity index (χ3n) is 1.73. The third kappa shape index (κ3) is 3.82. The van der Waals surface area contributed by atoms with Crippen molar-refractivity contribution in [1.82, 2.24) is 0 Å². The van der Waals surface area contributed by atoms with Crippen molar-refractivity contribution in [2.24, 2.45) is 0 Å². The van der Waals surface area contributed by atoms with E-state index in [1.54, 1.807) is 0 Å². The van der Waals surface area contributed by atoms with Crippen LogP contribution < -0.4 is 0 Å². The summed E-state index contributed by atoms with van der Waals surface area (Å²) in [7, 11) is 0. The smallest absolute Gasteiger partial charge is 0.305 e. The molecule has 0 radical (unpaired) electrons. The van der Waals surface area contributed by atoms with E-state index in [4.69, 9.17) is 9.47 Å². The van der Waals surface area contributed by atoms with Gasteiger partial charge in [0.1, 0.15) is 12.7 Å². The zero-order valence-electron chi connectivity index (χ0n) is 8.97. The molecule has 0 fully saturated rings. The molecule has 0 unspecified atom stereocenters. The summed E-state index contributed by atoms with van der Waals surface area (Å²) in [6, 6.07) is 0. The molecular formula is C10H12O6. The Hall–Kier alpha value is -1.69. The van der Waals surface area contributed by atoms with Gasteiger partial charge in [0.15, 0.2) is 0 Å². The van der Waals surface area contributed by atoms with Crippen molar-refractivity contribution in [3.63, 3.8) is 0 Å². The molecule has 16 heavy (non-hydrogen) atoms. The molecule has 1 rings (SSSR count). The van der Waals surface area contributed by atoms with Crippen LogP contribution in [0, 0.1) is 0 Å². The lowest BCUT2D eigenvalue weighted by Crippen LogP contribution is -2.37. The normalized spacial score (nSPS) is 24.0. The number of ketones is 1. The molecule has 1 heterocycles. The Labute approximate surface area is 92.2 Å². The molecule has 0 aliphatic carbocycles. The maximum absolute atomic E-state index is 11.2. The van der Waals surface area contributed by atoms with E-state index in [1.807, 2.05) is 0 Å². The van der Waals surface area contributed by atoms with E-state index in [2.05, 4.69) is 4.74 Å². The van der Waals surface area contributed by atoms with Crippen LogP contribution in [0.2, 0.25) is 0 Å². The van der Waals surface area contributed by atoms with Gasteiger partial charge in [0.25, 0.3) is 6.29 Å². The minimum absolute atomic E-state index is 0.0170. The molecule has 1 aliphatic heterocycles. The highest BCUT2D eigenvalue weighted by atomic mass is 16.7. The maximum Gasteiger partial charge on any atom is 0.305 e. The second-order valence-electron chi connectivity index (χ2n) is 3.18. The third-order valence-corrected chi connectivity index (χ3v) is 1.73. The number of esters is 2. The van der Waals surface area contributed by atoms with Crippen LogP contribution in [-0.4, -0.2) is 36.7 Å². The minimum atomic E-state index is -1.25. The topological polar surface area (TPSA) is 78.9 Å². The molecule has 0 bridgehead atoms. The zero-order chi connectivity index (χ0) is 12.1. The van der Waals surface area contributed by atoms with Gasteiger partial charge in [0.05, 0.1) is 0 Å². The predicted molar refractivity (Wildman–Crippen MR) is 51.2 cm³/mol. The quantitative estimate of drug-likeness (QED) is 0.631. The highest BCUT2D eigenvalue weighted by molar-refractivity contribution is 5.94. The van der Waals surface area contributed by atoms with E-state index in [0.29, 0.717) is 0 Å². The van der Waals surface area contributed by atoms with Crippen LogP contribution in [-0.2, 0) is 28.6 Å². The van der Waals surface area contributed by atoms with Crippen molar-refractivity contribution in [2.75, 3.05) is 6.61 Å². The molecule has 0 aromatic carbocycles. The van der Waals surface area contributed by atoms with Crippen LogP contribution in [0.15, 0.2) is 12.2 Å². The van der Waals surface area contributed by atoms with E-state index in [-0.39, 0.29) is 6.61 Å². The average Bonchev–Trinajstić information content (AvgIpc) is 2.18. The first-order valence-corrected chi connectivity index (χ1v) is 4.67. The molecule has 1 aliphatic rings. The van der Waals surface area contributed by atoms with Crippen molar-refractivity contribution < 1.29 is 28.6 Å². The fourth-order valence-electron chi connectivity index (χ4n) is 1.08. The monoisotopic (exact) mass is 228 g/mol. The first-order chi connectivity index (χ1) is 7.49. The molecular weight excluding hydrogens is 216 g/mol. The molecule has 0 saturated heterocycles. The summed E-state index contributed by atoms with van der Waals surface area (Å²) in [6.45, 7) is 2.42. The zero-order valence-corrected chi connectivity index (χ0v) is 8.97. The molecule has 88 valence electrons. The summed E-state index contributed by atoms with van der Waals surface area (Å²) in [5.74, 6) is -1.51. The van der Waals surface area contributed by atoms with E-state index < -0.39 is 30.1 Å². The molecule has 6 nitrogen and oxygen atoms in total. The number of carbonyl (C=O) groups excluding carboxylic acids is 3. The van der Waals surface area contributed by atoms with Crippen molar-refractivity contribution in [3.8, 4) is 0 Å². The van der Waals surface area contributed by atoms with Crippen LogP contribution in [0.4, 0.5) is 0 Å². The lowest BCUT2D eigenvalue weighted by atomic mass is 10.2. The van der Waals surface area contributed by atoms with E-state index in [1.165, 1.54) is 26.0 Å². The minimum Gasteiger partial charge on any atom is -0.463 e. The molecule has 6 heteroatoms. The number of rotatable bonds is 3. The van der Waals surface area contributed by atoms with Gasteiger partial charge in [-0.1, -0.05) is 0 Å². The number of carbonyl (C=O) groups is 3. The summed E-state index contributed by atoms with van der Waals surface area (Å²) >= 11 is 0. The van der Waals surface area contributed by atoms with Gasteiger partial charge in [-0.25, -0.2) is 0 Å². The summed E-state index contributed by atoms with van der Waals surface area (Å²) in [6.07, 6.45) is 0.866. The first kappa shape index (κ1) is 12.4. The Kier molecular flexibility index (Phi) is 4.19. The van der Waals surface area contributed by atoms with Gasteiger partial charge < -0.3 is 14.2 Å². The lowest BCUT2D eigenvalue weighted by Gasteiger charge is -2.23. The van der Waals surface area contributed by atoms with Crippen molar-refractivity contribution >= 4 is 17.7 Å². The largest absolute Gasteiger partial charge is 0.463 e. The van der Waals surface area contributed by atoms with Gasteiger partial charge in [-0.3, -0.25) is 14.4 Å². The molecule has 2 atom stereocenters. The number of hydrogen-bond acceptors (Lipinski definition) is 6. The summed E-state index contributed by atoms with van der Waals surface area (Å²) in [5.41, 5.74) is 0. The average molecular weight is 228 g/mol. The van der Waals surface area contributed by atoms with E-state index in [0.717, 1.165) is 0 Å². The van der Waals surface area contributed by atoms with Crippen molar-refractivity contribution in [2.45, 2.75) is 26.2 Å². The highest BCUT2D eigenvalue weighted by Gasteiger charge is 2.28. The Morgan fingerprint density at radius 1 is 1.38 bits per heavy atom. The Balaban J connectivity index is 2.52. The summed E-state index contributed by atoms with van der Waals surface area (Å²) < 4.78 is 14.4. The summed E-state index contributed by atoms with van der Waals surface area (Å²) in [5, 5.41) is 0. The van der Waals surface area contributed by atoms with Gasteiger partial charge in [-0.15, -0.1) is 0 Å². The standard InChI is InChI=1S/C10H12O6/c1-6(11)14-5-8-3-4-9(13)10(16-8)15-7(2)12/h3-4,8,10H,5H2,1-2H3/t8-,10+/m0/s1. The van der Waals surface area contributed by atoms with Crippen LogP contribution in [0.5, 0.6) is 0 Å². The first-order valence-electron chi connectivity index (χ1n) is 4.67. The van der Waals surface area contributed by atoms with Crippen LogP contribution in [0.25, 0.3) is 0 Å². The van der Waals surface area contributed by atoms with Gasteiger partial charge in [-0.05, 0) is 12.2 Å². The molecule has 0 saturated carbocycles. The Bertz CT molecular complexity index is 332. The molecule has 0 aromatic rings. The van der Waals surface area contributed by atoms with Gasteiger partial charge >= 0.3 is 11.9 Å². The molecule has 0 amide bonds. The van der Waals surface area contributed by atoms with Crippen molar-refractivity contribution in [1.29, 1.82) is 0 Å². The van der Waals surface area contributed by atoms with Crippen LogP contribution in [0.3, 0.4) is 0 Å². The van der Waals surface area contributed by atoms with Gasteiger partial charge in [-0.2, -0.15) is 0 Å². The van der Waals surface area contributed by atoms with Gasteiger partial charge in [0, 0.05) is 13.8 Å². The fraction of sp³-hybridized carbons (Fsp3) is 0.500. The molecule has 0 N–H and O–H groups in total. The van der Waals surface area contributed by atoms with Crippen LogP contribution in [0.1, 0.15) is 13.8 Å². The summed E-state index contributed by atoms with van der Waals surface area (Å²) in [4.78, 5) is 32.4. The second kappa shape index (κ2) is 5.41. The van der Waals surface area contributed by atoms with Crippen LogP contribution >= 0.6 is 0 Å². The van der Waals surface area contributed by atoms with E-state index >= 15 is 0 Å². The second-order valence-corrected chi connectivity index (χ2v) is 3.18. The number of ether oxygens (including phenoxy) is 3. The number of hydrogen-bond donors (Lipinski definition) is 0. The Morgan fingerprint density at radius 2 is 2.06 bits per heavy atom. The predicted octanol–water partition coefficient (Wildman–Crippen LogP) is -0.0372. The highest BCUT2D eigenvalue weighted by Crippen LogP contribution is 2.11. The van der Waals surface area contributed by atoms with Crippen molar-refractivity contribution in [3.05, 3.63) is 12.2 Å². The maximum atomic E-state index is 11.2. The Morgan fingerprint density at radius 3 is 2.62 bits per heavy atom. The molecule has 0 aromatic heterocycles. The SMILES string of the molecule is CC(=O)OC[C@@H]1C=CC(=O)[C@H](OC(C)=O)O1. The van der Waals surface area contributed by atoms with E-state index in [9.17, 15) is 14.4 Å². The molecule has 0 spiro atoms. The fourth-order valence-corrected chi connectivity index (χ4v) is 1.08. The lowest BCUT2D eigenvalue weighted by molar-refractivity contribution is -0.192.